The summed E-state index contributed by atoms with van der Waals surface area (Å²) in [6, 6.07) is 4.65. The number of hydrogen-bond acceptors (Lipinski definition) is 2. The molecule has 0 atom stereocenters. The zero-order valence-corrected chi connectivity index (χ0v) is 7.85. The Morgan fingerprint density at radius 1 is 1.53 bits per heavy atom. The number of halogens is 1. The van der Waals surface area contributed by atoms with E-state index in [0.29, 0.717) is 10.9 Å². The van der Waals surface area contributed by atoms with Crippen LogP contribution in [0, 0.1) is 5.82 Å². The monoisotopic (exact) mass is 208 g/mol. The first kappa shape index (κ1) is 9.64. The molecule has 1 heterocycles. The maximum Gasteiger partial charge on any atom is 0.305 e. The van der Waals surface area contributed by atoms with Gasteiger partial charge >= 0.3 is 5.97 Å². The van der Waals surface area contributed by atoms with Gasteiger partial charge in [-0.1, -0.05) is 6.07 Å². The van der Waals surface area contributed by atoms with Gasteiger partial charge in [-0.3, -0.25) is 9.48 Å². The quantitative estimate of drug-likeness (QED) is 0.834. The van der Waals surface area contributed by atoms with E-state index in [2.05, 4.69) is 5.10 Å². The van der Waals surface area contributed by atoms with Gasteiger partial charge in [-0.25, -0.2) is 4.39 Å². The van der Waals surface area contributed by atoms with Gasteiger partial charge in [-0.05, 0) is 12.1 Å². The first-order valence-electron chi connectivity index (χ1n) is 4.50. The number of carboxylic acids is 1. The number of aliphatic carboxylic acids is 1. The second-order valence-electron chi connectivity index (χ2n) is 3.18. The summed E-state index contributed by atoms with van der Waals surface area (Å²) in [5.74, 6) is -1.23. The SMILES string of the molecule is O=C(O)CCn1ncc2c(F)cccc21. The summed E-state index contributed by atoms with van der Waals surface area (Å²) in [6.07, 6.45) is 1.39. The zero-order valence-electron chi connectivity index (χ0n) is 7.85. The highest BCUT2D eigenvalue weighted by Crippen LogP contribution is 2.16. The third-order valence-corrected chi connectivity index (χ3v) is 2.17. The Bertz CT molecular complexity index is 507. The molecule has 78 valence electrons. The molecule has 5 heteroatoms. The molecule has 0 saturated heterocycles. The minimum atomic E-state index is -0.893. The standard InChI is InChI=1S/C10H9FN2O2/c11-8-2-1-3-9-7(8)6-12-13(9)5-4-10(14)15/h1-3,6H,4-5H2,(H,14,15). The molecule has 2 rings (SSSR count). The van der Waals surface area contributed by atoms with Crippen molar-refractivity contribution in [2.45, 2.75) is 13.0 Å². The summed E-state index contributed by atoms with van der Waals surface area (Å²) in [5, 5.41) is 12.9. The Labute approximate surface area is 84.9 Å². The van der Waals surface area contributed by atoms with Gasteiger partial charge in [-0.15, -0.1) is 0 Å². The lowest BCUT2D eigenvalue weighted by molar-refractivity contribution is -0.137. The van der Waals surface area contributed by atoms with Crippen LogP contribution in [-0.4, -0.2) is 20.9 Å². The summed E-state index contributed by atoms with van der Waals surface area (Å²) < 4.78 is 14.7. The number of fused-ring (bicyclic) bond motifs is 1. The minimum Gasteiger partial charge on any atom is -0.481 e. The topological polar surface area (TPSA) is 55.1 Å². The van der Waals surface area contributed by atoms with Crippen molar-refractivity contribution in [1.82, 2.24) is 9.78 Å². The number of nitrogens with zero attached hydrogens (tertiary/aromatic N) is 2. The molecule has 0 aliphatic heterocycles. The van der Waals surface area contributed by atoms with Crippen molar-refractivity contribution in [3.05, 3.63) is 30.2 Å². The van der Waals surface area contributed by atoms with Gasteiger partial charge in [0, 0.05) is 0 Å². The van der Waals surface area contributed by atoms with Crippen molar-refractivity contribution >= 4 is 16.9 Å². The zero-order chi connectivity index (χ0) is 10.8. The van der Waals surface area contributed by atoms with E-state index in [1.807, 2.05) is 0 Å². The number of carbonyl (C=O) groups is 1. The molecular weight excluding hydrogens is 199 g/mol. The fourth-order valence-corrected chi connectivity index (χ4v) is 1.45. The fourth-order valence-electron chi connectivity index (χ4n) is 1.45. The van der Waals surface area contributed by atoms with Crippen LogP contribution in [0.1, 0.15) is 6.42 Å². The van der Waals surface area contributed by atoms with Crippen molar-refractivity contribution in [1.29, 1.82) is 0 Å². The molecule has 15 heavy (non-hydrogen) atoms. The van der Waals surface area contributed by atoms with Crippen LogP contribution in [-0.2, 0) is 11.3 Å². The van der Waals surface area contributed by atoms with Crippen molar-refractivity contribution in [3.63, 3.8) is 0 Å². The van der Waals surface area contributed by atoms with Crippen molar-refractivity contribution in [3.8, 4) is 0 Å². The number of benzene rings is 1. The van der Waals surface area contributed by atoms with Crippen LogP contribution in [0.25, 0.3) is 10.9 Å². The average molecular weight is 208 g/mol. The highest BCUT2D eigenvalue weighted by atomic mass is 19.1. The van der Waals surface area contributed by atoms with E-state index in [1.54, 1.807) is 12.1 Å². The van der Waals surface area contributed by atoms with Crippen molar-refractivity contribution in [2.24, 2.45) is 0 Å². The van der Waals surface area contributed by atoms with Gasteiger partial charge in [-0.2, -0.15) is 5.10 Å². The van der Waals surface area contributed by atoms with E-state index in [1.165, 1.54) is 16.9 Å². The number of rotatable bonds is 3. The van der Waals surface area contributed by atoms with Crippen LogP contribution >= 0.6 is 0 Å². The summed E-state index contributed by atoms with van der Waals surface area (Å²) in [7, 11) is 0. The number of carboxylic acid groups (broad SMARTS) is 1. The largest absolute Gasteiger partial charge is 0.481 e. The minimum absolute atomic E-state index is 0.0205. The van der Waals surface area contributed by atoms with E-state index in [9.17, 15) is 9.18 Å². The molecule has 0 fully saturated rings. The highest BCUT2D eigenvalue weighted by molar-refractivity contribution is 5.79. The molecule has 0 aliphatic rings. The normalized spacial score (nSPS) is 10.7. The molecule has 0 radical (unpaired) electrons. The molecule has 1 aromatic heterocycles. The van der Waals surface area contributed by atoms with Crippen LogP contribution < -0.4 is 0 Å². The maximum atomic E-state index is 13.2. The lowest BCUT2D eigenvalue weighted by Gasteiger charge is -2.00. The Balaban J connectivity index is 2.37. The van der Waals surface area contributed by atoms with Gasteiger partial charge in [0.15, 0.2) is 0 Å². The van der Waals surface area contributed by atoms with E-state index >= 15 is 0 Å². The molecule has 0 unspecified atom stereocenters. The molecule has 0 aliphatic carbocycles. The molecule has 0 saturated carbocycles. The average Bonchev–Trinajstić information content (AvgIpc) is 2.59. The van der Waals surface area contributed by atoms with Crippen LogP contribution in [0.5, 0.6) is 0 Å². The first-order valence-corrected chi connectivity index (χ1v) is 4.50. The second kappa shape index (κ2) is 3.68. The molecule has 2 aromatic rings. The predicted molar refractivity (Wildman–Crippen MR) is 51.9 cm³/mol. The van der Waals surface area contributed by atoms with Gasteiger partial charge in [0.2, 0.25) is 0 Å². The maximum absolute atomic E-state index is 13.2. The van der Waals surface area contributed by atoms with E-state index in [4.69, 9.17) is 5.11 Å². The van der Waals surface area contributed by atoms with Gasteiger partial charge in [0.25, 0.3) is 0 Å². The third-order valence-electron chi connectivity index (χ3n) is 2.17. The lowest BCUT2D eigenvalue weighted by atomic mass is 10.2. The molecule has 1 N–H and O–H groups in total. The Morgan fingerprint density at radius 3 is 3.07 bits per heavy atom. The second-order valence-corrected chi connectivity index (χ2v) is 3.18. The number of hydrogen-bond donors (Lipinski definition) is 1. The van der Waals surface area contributed by atoms with Gasteiger partial charge in [0.05, 0.1) is 30.1 Å². The van der Waals surface area contributed by atoms with Crippen LogP contribution in [0.4, 0.5) is 4.39 Å². The first-order chi connectivity index (χ1) is 7.18. The van der Waals surface area contributed by atoms with Gasteiger partial charge < -0.3 is 5.11 Å². The van der Waals surface area contributed by atoms with Crippen LogP contribution in [0.15, 0.2) is 24.4 Å². The molecule has 4 nitrogen and oxygen atoms in total. The number of aromatic nitrogens is 2. The van der Waals surface area contributed by atoms with Gasteiger partial charge in [0.1, 0.15) is 5.82 Å². The Hall–Kier alpha value is -1.91. The van der Waals surface area contributed by atoms with E-state index in [0.717, 1.165) is 0 Å². The highest BCUT2D eigenvalue weighted by Gasteiger charge is 2.07. The lowest BCUT2D eigenvalue weighted by Crippen LogP contribution is -2.05. The summed E-state index contributed by atoms with van der Waals surface area (Å²) >= 11 is 0. The summed E-state index contributed by atoms with van der Waals surface area (Å²) in [6.45, 7) is 0.252. The molecule has 1 aromatic carbocycles. The fraction of sp³-hybridized carbons (Fsp3) is 0.200. The molecule has 0 amide bonds. The smallest absolute Gasteiger partial charge is 0.305 e. The van der Waals surface area contributed by atoms with Crippen LogP contribution in [0.3, 0.4) is 0 Å². The van der Waals surface area contributed by atoms with E-state index < -0.39 is 5.97 Å². The summed E-state index contributed by atoms with van der Waals surface area (Å²) in [4.78, 5) is 10.4. The molecular formula is C10H9FN2O2. The Morgan fingerprint density at radius 2 is 2.33 bits per heavy atom. The van der Waals surface area contributed by atoms with Crippen molar-refractivity contribution in [2.75, 3.05) is 0 Å². The molecule has 0 spiro atoms. The third kappa shape index (κ3) is 1.81. The Kier molecular flexibility index (Phi) is 2.37. The molecule has 0 bridgehead atoms. The van der Waals surface area contributed by atoms with E-state index in [-0.39, 0.29) is 18.8 Å². The predicted octanol–water partition coefficient (Wildman–Crippen LogP) is 1.65. The van der Waals surface area contributed by atoms with Crippen LogP contribution in [0.2, 0.25) is 0 Å². The number of aryl methyl sites for hydroxylation is 1. The van der Waals surface area contributed by atoms with Crippen molar-refractivity contribution < 1.29 is 14.3 Å². The summed E-state index contributed by atoms with van der Waals surface area (Å²) in [5.41, 5.74) is 0.622.